The van der Waals surface area contributed by atoms with Crippen molar-refractivity contribution < 1.29 is 4.74 Å². The maximum Gasteiger partial charge on any atom is 0.156 e. The summed E-state index contributed by atoms with van der Waals surface area (Å²) in [7, 11) is 1.73. The molecule has 1 fully saturated rings. The van der Waals surface area contributed by atoms with E-state index < -0.39 is 0 Å². The van der Waals surface area contributed by atoms with E-state index >= 15 is 0 Å². The molecule has 0 amide bonds. The van der Waals surface area contributed by atoms with Gasteiger partial charge in [0, 0.05) is 32.0 Å². The lowest BCUT2D eigenvalue weighted by atomic mass is 10.1. The van der Waals surface area contributed by atoms with Crippen molar-refractivity contribution in [3.05, 3.63) is 47.3 Å². The van der Waals surface area contributed by atoms with Crippen LogP contribution in [0.3, 0.4) is 0 Å². The molecular weight excluding hydrogens is 366 g/mol. The van der Waals surface area contributed by atoms with E-state index in [0.29, 0.717) is 28.5 Å². The molecule has 1 aliphatic rings. The molecule has 4 rings (SSSR count). The third-order valence-corrected chi connectivity index (χ3v) is 5.15. The van der Waals surface area contributed by atoms with Gasteiger partial charge in [0.15, 0.2) is 5.82 Å². The SMILES string of the molecule is CO[C@H]1CCN(c2cccc(-c3nc(-n4nc(C)cc4C)cc(N)c3C#N)n2)C1. The Hall–Kier alpha value is -3.44. The van der Waals surface area contributed by atoms with Crippen LogP contribution in [0.1, 0.15) is 23.4 Å². The number of methoxy groups -OCH3 is 1. The number of aromatic nitrogens is 4. The Balaban J connectivity index is 1.79. The van der Waals surface area contributed by atoms with Crippen LogP contribution in [0.25, 0.3) is 17.2 Å². The number of nitrogens with two attached hydrogens (primary N) is 1. The van der Waals surface area contributed by atoms with Crippen molar-refractivity contribution in [3.63, 3.8) is 0 Å². The van der Waals surface area contributed by atoms with Crippen molar-refractivity contribution in [1.82, 2.24) is 19.7 Å². The second-order valence-electron chi connectivity index (χ2n) is 7.22. The molecule has 0 bridgehead atoms. The number of aryl methyl sites for hydroxylation is 2. The summed E-state index contributed by atoms with van der Waals surface area (Å²) in [4.78, 5) is 11.7. The third kappa shape index (κ3) is 3.52. The van der Waals surface area contributed by atoms with Gasteiger partial charge in [-0.3, -0.25) is 0 Å². The average molecular weight is 389 g/mol. The van der Waals surface area contributed by atoms with E-state index in [9.17, 15) is 5.26 Å². The van der Waals surface area contributed by atoms with E-state index in [0.717, 1.165) is 36.7 Å². The lowest BCUT2D eigenvalue weighted by Gasteiger charge is -2.18. The molecule has 2 N–H and O–H groups in total. The summed E-state index contributed by atoms with van der Waals surface area (Å²) in [6, 6.07) is 11.5. The lowest BCUT2D eigenvalue weighted by Crippen LogP contribution is -2.23. The molecule has 0 unspecified atom stereocenters. The second kappa shape index (κ2) is 7.53. The number of hydrogen-bond donors (Lipinski definition) is 1. The minimum absolute atomic E-state index is 0.207. The predicted octanol–water partition coefficient (Wildman–Crippen LogP) is 2.63. The number of hydrogen-bond acceptors (Lipinski definition) is 7. The van der Waals surface area contributed by atoms with E-state index in [4.69, 9.17) is 20.4 Å². The second-order valence-corrected chi connectivity index (χ2v) is 7.22. The summed E-state index contributed by atoms with van der Waals surface area (Å²) in [6.07, 6.45) is 1.17. The zero-order valence-corrected chi connectivity index (χ0v) is 16.8. The first-order valence-electron chi connectivity index (χ1n) is 9.49. The van der Waals surface area contributed by atoms with Crippen LogP contribution in [-0.4, -0.2) is 46.1 Å². The summed E-state index contributed by atoms with van der Waals surface area (Å²) in [5.74, 6) is 1.40. The van der Waals surface area contributed by atoms with Crippen LogP contribution in [0.15, 0.2) is 30.3 Å². The molecule has 29 heavy (non-hydrogen) atoms. The fraction of sp³-hybridized carbons (Fsp3) is 0.333. The average Bonchev–Trinajstić information content (AvgIpc) is 3.33. The number of ether oxygens (including phenoxy) is 1. The maximum atomic E-state index is 9.68. The number of rotatable bonds is 4. The molecule has 4 heterocycles. The molecule has 8 nitrogen and oxygen atoms in total. The van der Waals surface area contributed by atoms with Gasteiger partial charge in [0.05, 0.1) is 23.2 Å². The van der Waals surface area contributed by atoms with E-state index in [1.165, 1.54) is 0 Å². The highest BCUT2D eigenvalue weighted by molar-refractivity contribution is 5.74. The quantitative estimate of drug-likeness (QED) is 0.731. The molecule has 3 aromatic rings. The summed E-state index contributed by atoms with van der Waals surface area (Å²) >= 11 is 0. The molecule has 1 aliphatic heterocycles. The van der Waals surface area contributed by atoms with Gasteiger partial charge in [0.2, 0.25) is 0 Å². The van der Waals surface area contributed by atoms with E-state index in [2.05, 4.69) is 16.1 Å². The third-order valence-electron chi connectivity index (χ3n) is 5.15. The van der Waals surface area contributed by atoms with Gasteiger partial charge in [0.1, 0.15) is 23.1 Å². The van der Waals surface area contributed by atoms with Gasteiger partial charge in [0.25, 0.3) is 0 Å². The largest absolute Gasteiger partial charge is 0.397 e. The van der Waals surface area contributed by atoms with Crippen molar-refractivity contribution >= 4 is 11.5 Å². The minimum atomic E-state index is 0.207. The van der Waals surface area contributed by atoms with E-state index in [1.807, 2.05) is 38.1 Å². The van der Waals surface area contributed by atoms with Gasteiger partial charge in [-0.25, -0.2) is 14.6 Å². The number of pyridine rings is 2. The highest BCUT2D eigenvalue weighted by Gasteiger charge is 2.24. The van der Waals surface area contributed by atoms with Crippen LogP contribution in [-0.2, 0) is 4.74 Å². The Kier molecular flexibility index (Phi) is 4.91. The minimum Gasteiger partial charge on any atom is -0.397 e. The molecule has 1 atom stereocenters. The van der Waals surface area contributed by atoms with Crippen LogP contribution >= 0.6 is 0 Å². The zero-order valence-electron chi connectivity index (χ0n) is 16.8. The standard InChI is InChI=1S/C21H23N7O/c1-13-9-14(2)28(26-13)20-10-17(23)16(11-22)21(25-20)18-5-4-6-19(24-18)27-8-7-15(12-27)29-3/h4-6,9-10,15H,7-8,12H2,1-3H3,(H2,23,25)/t15-/m0/s1. The van der Waals surface area contributed by atoms with Gasteiger partial charge < -0.3 is 15.4 Å². The molecule has 0 saturated carbocycles. The smallest absolute Gasteiger partial charge is 0.156 e. The van der Waals surface area contributed by atoms with Crippen LogP contribution in [0.5, 0.6) is 0 Å². The van der Waals surface area contributed by atoms with Gasteiger partial charge >= 0.3 is 0 Å². The van der Waals surface area contributed by atoms with Gasteiger partial charge in [-0.15, -0.1) is 0 Å². The van der Waals surface area contributed by atoms with Crippen molar-refractivity contribution in [1.29, 1.82) is 5.26 Å². The monoisotopic (exact) mass is 389 g/mol. The number of nitriles is 1. The summed E-state index contributed by atoms with van der Waals surface area (Å²) in [6.45, 7) is 5.54. The summed E-state index contributed by atoms with van der Waals surface area (Å²) < 4.78 is 7.18. The number of anilines is 2. The van der Waals surface area contributed by atoms with Crippen LogP contribution in [0.4, 0.5) is 11.5 Å². The number of nitrogen functional groups attached to an aromatic ring is 1. The first-order valence-corrected chi connectivity index (χ1v) is 9.49. The lowest BCUT2D eigenvalue weighted by molar-refractivity contribution is 0.121. The molecule has 0 aromatic carbocycles. The van der Waals surface area contributed by atoms with Crippen molar-refractivity contribution in [3.8, 4) is 23.3 Å². The highest BCUT2D eigenvalue weighted by atomic mass is 16.5. The van der Waals surface area contributed by atoms with Gasteiger partial charge in [-0.1, -0.05) is 6.07 Å². The summed E-state index contributed by atoms with van der Waals surface area (Å²) in [5.41, 5.74) is 9.76. The Morgan fingerprint density at radius 3 is 2.69 bits per heavy atom. The molecular formula is C21H23N7O. The molecule has 1 saturated heterocycles. The predicted molar refractivity (Wildman–Crippen MR) is 111 cm³/mol. The molecule has 8 heteroatoms. The van der Waals surface area contributed by atoms with E-state index in [-0.39, 0.29) is 6.10 Å². The normalized spacial score (nSPS) is 16.2. The van der Waals surface area contributed by atoms with Crippen LogP contribution in [0.2, 0.25) is 0 Å². The maximum absolute atomic E-state index is 9.68. The Labute approximate surface area is 169 Å². The van der Waals surface area contributed by atoms with Gasteiger partial charge in [-0.2, -0.15) is 10.4 Å². The Morgan fingerprint density at radius 2 is 2.03 bits per heavy atom. The first kappa shape index (κ1) is 18.9. The molecule has 0 aliphatic carbocycles. The van der Waals surface area contributed by atoms with Crippen molar-refractivity contribution in [2.24, 2.45) is 0 Å². The van der Waals surface area contributed by atoms with Crippen LogP contribution in [0, 0.1) is 25.2 Å². The molecule has 3 aromatic heterocycles. The fourth-order valence-electron chi connectivity index (χ4n) is 3.68. The molecule has 0 radical (unpaired) electrons. The van der Waals surface area contributed by atoms with Crippen molar-refractivity contribution in [2.45, 2.75) is 26.4 Å². The number of nitrogens with zero attached hydrogens (tertiary/aromatic N) is 6. The van der Waals surface area contributed by atoms with E-state index in [1.54, 1.807) is 17.9 Å². The molecule has 0 spiro atoms. The topological polar surface area (TPSA) is 106 Å². The van der Waals surface area contributed by atoms with Gasteiger partial charge in [-0.05, 0) is 38.5 Å². The highest BCUT2D eigenvalue weighted by Crippen LogP contribution is 2.29. The summed E-state index contributed by atoms with van der Waals surface area (Å²) in [5, 5.41) is 14.2. The van der Waals surface area contributed by atoms with Crippen molar-refractivity contribution in [2.75, 3.05) is 30.8 Å². The Bertz CT molecular complexity index is 1100. The first-order chi connectivity index (χ1) is 14.0. The Morgan fingerprint density at radius 1 is 1.21 bits per heavy atom. The zero-order chi connectivity index (χ0) is 20.5. The molecule has 148 valence electrons. The van der Waals surface area contributed by atoms with Crippen LogP contribution < -0.4 is 10.6 Å². The fourth-order valence-corrected chi connectivity index (χ4v) is 3.68.